The quantitative estimate of drug-likeness (QED) is 0.314. The first-order valence-electron chi connectivity index (χ1n) is 14.0. The minimum absolute atomic E-state index is 0.0919. The number of aryl methyl sites for hydroxylation is 2. The van der Waals surface area contributed by atoms with Crippen LogP contribution in [-0.2, 0) is 24.4 Å². The van der Waals surface area contributed by atoms with Crippen molar-refractivity contribution in [3.8, 4) is 0 Å². The number of amides is 2. The van der Waals surface area contributed by atoms with Gasteiger partial charge in [0.2, 0.25) is 0 Å². The van der Waals surface area contributed by atoms with Crippen molar-refractivity contribution < 1.29 is 18.9 Å². The summed E-state index contributed by atoms with van der Waals surface area (Å²) in [5.41, 5.74) is 10.3. The molecule has 0 saturated carbocycles. The van der Waals surface area contributed by atoms with Crippen molar-refractivity contribution in [2.24, 2.45) is 0 Å². The second-order valence-electron chi connectivity index (χ2n) is 11.2. The van der Waals surface area contributed by atoms with Gasteiger partial charge in [0, 0.05) is 19.3 Å². The number of rotatable bonds is 6. The summed E-state index contributed by atoms with van der Waals surface area (Å²) in [5, 5.41) is 3.01. The van der Waals surface area contributed by atoms with E-state index in [9.17, 15) is 9.59 Å². The number of carbonyl (C=O) groups is 2. The maximum absolute atomic E-state index is 13.1. The topological polar surface area (TPSA) is 135 Å². The Morgan fingerprint density at radius 1 is 1.18 bits per heavy atom. The van der Waals surface area contributed by atoms with Gasteiger partial charge in [0.15, 0.2) is 28.2 Å². The highest BCUT2D eigenvalue weighted by atomic mass is 16.6. The van der Waals surface area contributed by atoms with Crippen LogP contribution in [0.2, 0.25) is 0 Å². The predicted octanol–water partition coefficient (Wildman–Crippen LogP) is 3.87. The molecule has 0 spiro atoms. The van der Waals surface area contributed by atoms with E-state index in [1.54, 1.807) is 12.3 Å². The van der Waals surface area contributed by atoms with E-state index in [0.29, 0.717) is 36.7 Å². The Labute approximate surface area is 233 Å². The summed E-state index contributed by atoms with van der Waals surface area (Å²) < 4.78 is 10.0. The van der Waals surface area contributed by atoms with Crippen molar-refractivity contribution in [2.45, 2.75) is 78.6 Å². The molecule has 11 nitrogen and oxygen atoms in total. The molecule has 40 heavy (non-hydrogen) atoms. The molecule has 0 radical (unpaired) electrons. The maximum Gasteiger partial charge on any atom is 0.410 e. The number of nitrogens with one attached hydrogen (secondary N) is 2. The molecule has 5 rings (SSSR count). The molecule has 1 saturated heterocycles. The van der Waals surface area contributed by atoms with Crippen LogP contribution in [0.15, 0.2) is 30.5 Å². The van der Waals surface area contributed by atoms with E-state index in [4.69, 9.17) is 10.5 Å². The van der Waals surface area contributed by atoms with Crippen LogP contribution in [0.4, 0.5) is 10.6 Å². The summed E-state index contributed by atoms with van der Waals surface area (Å²) >= 11 is 0. The third-order valence-electron chi connectivity index (χ3n) is 7.49. The largest absolute Gasteiger partial charge is 0.444 e. The lowest BCUT2D eigenvalue weighted by molar-refractivity contribution is -0.676. The molecule has 11 heteroatoms. The molecule has 1 fully saturated rings. The smallest absolute Gasteiger partial charge is 0.410 e. The zero-order valence-electron chi connectivity index (χ0n) is 24.0. The van der Waals surface area contributed by atoms with Crippen LogP contribution >= 0.6 is 0 Å². The highest BCUT2D eigenvalue weighted by Crippen LogP contribution is 2.31. The standard InChI is InChI=1S/C29H38N8O3/c1-6-36-21-9-8-19(18-11-14-35(15-12-18)28(39)40-29(3,4)5)16-22(21)37(7-2)23(36)17-32-27(38)24-25(30)34-26-20(33-24)10-13-31-26/h8-10,13,16,18H,6-7,11-12,14-15,17H2,1-5H3,(H3-,30,31,32,33,34,38)/p+1. The van der Waals surface area contributed by atoms with Crippen molar-refractivity contribution in [2.75, 3.05) is 18.8 Å². The average Bonchev–Trinajstić information content (AvgIpc) is 3.50. The minimum Gasteiger partial charge on any atom is -0.444 e. The van der Waals surface area contributed by atoms with Gasteiger partial charge < -0.3 is 25.7 Å². The third-order valence-corrected chi connectivity index (χ3v) is 7.49. The Hall–Kier alpha value is -4.15. The van der Waals surface area contributed by atoms with Crippen LogP contribution in [-0.4, -0.2) is 55.1 Å². The van der Waals surface area contributed by atoms with E-state index < -0.39 is 5.60 Å². The van der Waals surface area contributed by atoms with Gasteiger partial charge in [0.25, 0.3) is 11.7 Å². The summed E-state index contributed by atoms with van der Waals surface area (Å²) in [6, 6.07) is 8.41. The Bertz CT molecular complexity index is 1560. The van der Waals surface area contributed by atoms with E-state index in [1.807, 2.05) is 25.7 Å². The summed E-state index contributed by atoms with van der Waals surface area (Å²) in [6.07, 6.45) is 3.26. The summed E-state index contributed by atoms with van der Waals surface area (Å²) in [4.78, 5) is 39.0. The Morgan fingerprint density at radius 2 is 1.93 bits per heavy atom. The van der Waals surface area contributed by atoms with Crippen molar-refractivity contribution in [1.82, 2.24) is 29.7 Å². The zero-order valence-corrected chi connectivity index (χ0v) is 24.0. The molecule has 3 aromatic heterocycles. The van der Waals surface area contributed by atoms with Crippen molar-refractivity contribution in [3.63, 3.8) is 0 Å². The molecule has 0 unspecified atom stereocenters. The molecular weight excluding hydrogens is 508 g/mol. The number of nitrogens with two attached hydrogens (primary N) is 1. The Morgan fingerprint density at radius 3 is 2.60 bits per heavy atom. The zero-order chi connectivity index (χ0) is 28.6. The van der Waals surface area contributed by atoms with Crippen LogP contribution < -0.4 is 15.6 Å². The van der Waals surface area contributed by atoms with Crippen molar-refractivity contribution in [1.29, 1.82) is 0 Å². The first kappa shape index (κ1) is 27.4. The molecule has 1 aliphatic rings. The normalized spacial score (nSPS) is 14.7. The summed E-state index contributed by atoms with van der Waals surface area (Å²) in [6.45, 7) is 13.1. The van der Waals surface area contributed by atoms with Crippen LogP contribution in [0.1, 0.15) is 75.3 Å². The molecule has 212 valence electrons. The molecule has 0 bridgehead atoms. The second kappa shape index (κ2) is 10.8. The SMILES string of the molecule is CCn1c(CNC(=O)c2nc3cc[nH]c3nc2N)[n+](CC)c2ccc(C3CCN(C(=O)OC(C)(C)C)CC3)cc21. The lowest BCUT2D eigenvalue weighted by Gasteiger charge is -2.33. The first-order valence-corrected chi connectivity index (χ1v) is 14.0. The number of hydrogen-bond donors (Lipinski definition) is 3. The van der Waals surface area contributed by atoms with Gasteiger partial charge in [0.05, 0.1) is 13.1 Å². The number of hydrogen-bond acceptors (Lipinski definition) is 6. The number of nitrogens with zero attached hydrogens (tertiary/aromatic N) is 5. The number of fused-ring (bicyclic) bond motifs is 2. The van der Waals surface area contributed by atoms with E-state index in [1.165, 1.54) is 5.56 Å². The van der Waals surface area contributed by atoms with E-state index in [2.05, 4.69) is 61.4 Å². The van der Waals surface area contributed by atoms with Crippen molar-refractivity contribution in [3.05, 3.63) is 47.5 Å². The molecule has 4 heterocycles. The lowest BCUT2D eigenvalue weighted by atomic mass is 9.89. The summed E-state index contributed by atoms with van der Waals surface area (Å²) in [7, 11) is 0. The number of piperidine rings is 1. The fourth-order valence-corrected chi connectivity index (χ4v) is 5.57. The van der Waals surface area contributed by atoms with Crippen molar-refractivity contribution >= 4 is 40.0 Å². The Kier molecular flexibility index (Phi) is 7.39. The van der Waals surface area contributed by atoms with E-state index >= 15 is 0 Å². The number of likely N-dealkylation sites (tertiary alicyclic amines) is 1. The van der Waals surface area contributed by atoms with Gasteiger partial charge in [-0.2, -0.15) is 0 Å². The molecule has 0 atom stereocenters. The molecule has 1 aliphatic heterocycles. The predicted molar refractivity (Wildman–Crippen MR) is 153 cm³/mol. The van der Waals surface area contributed by atoms with Gasteiger partial charge in [-0.15, -0.1) is 0 Å². The third kappa shape index (κ3) is 5.32. The molecular formula is C29H39N8O3+. The lowest BCUT2D eigenvalue weighted by Crippen LogP contribution is -2.41. The van der Waals surface area contributed by atoms with Gasteiger partial charge in [-0.1, -0.05) is 6.07 Å². The highest BCUT2D eigenvalue weighted by Gasteiger charge is 2.30. The average molecular weight is 548 g/mol. The highest BCUT2D eigenvalue weighted by molar-refractivity contribution is 5.98. The molecule has 1 aromatic carbocycles. The Balaban J connectivity index is 1.35. The molecule has 0 aliphatic carbocycles. The molecule has 2 amide bonds. The van der Waals surface area contributed by atoms with Gasteiger partial charge in [0.1, 0.15) is 17.7 Å². The van der Waals surface area contributed by atoms with E-state index in [0.717, 1.165) is 42.8 Å². The first-order chi connectivity index (χ1) is 19.1. The number of aromatic nitrogens is 5. The number of anilines is 1. The number of nitrogen functional groups attached to an aromatic ring is 1. The number of carbonyl (C=O) groups excluding carboxylic acids is 2. The number of aromatic amines is 1. The molecule has 4 N–H and O–H groups in total. The van der Waals surface area contributed by atoms with E-state index in [-0.39, 0.29) is 23.5 Å². The fourth-order valence-electron chi connectivity index (χ4n) is 5.57. The monoisotopic (exact) mass is 547 g/mol. The number of H-pyrrole nitrogens is 1. The number of benzene rings is 1. The molecule has 4 aromatic rings. The van der Waals surface area contributed by atoms with Crippen LogP contribution in [0, 0.1) is 0 Å². The minimum atomic E-state index is -0.494. The van der Waals surface area contributed by atoms with Crippen LogP contribution in [0.25, 0.3) is 22.2 Å². The maximum atomic E-state index is 13.1. The number of ether oxygens (including phenoxy) is 1. The summed E-state index contributed by atoms with van der Waals surface area (Å²) in [5.74, 6) is 1.10. The van der Waals surface area contributed by atoms with Crippen LogP contribution in [0.5, 0.6) is 0 Å². The van der Waals surface area contributed by atoms with Crippen LogP contribution in [0.3, 0.4) is 0 Å². The van der Waals surface area contributed by atoms with Gasteiger partial charge in [-0.05, 0) is 77.1 Å². The second-order valence-corrected chi connectivity index (χ2v) is 11.2. The fraction of sp³-hybridized carbons (Fsp3) is 0.483. The van der Waals surface area contributed by atoms with Gasteiger partial charge in [-0.25, -0.2) is 23.9 Å². The van der Waals surface area contributed by atoms with Gasteiger partial charge >= 0.3 is 6.09 Å². The van der Waals surface area contributed by atoms with Gasteiger partial charge in [-0.3, -0.25) is 4.79 Å². The number of imidazole rings is 1.